The molecule has 2 heterocycles. The van der Waals surface area contributed by atoms with Crippen LogP contribution in [0, 0.1) is 5.82 Å². The van der Waals surface area contributed by atoms with Crippen molar-refractivity contribution >= 4 is 11.3 Å². The standard InChI is InChI=1S/C16H16F4N2S/c17-13-9-11(8-12(10-13)16(18,19)20)15(14-2-1-7-23-14)22-5-3-21-4-6-22/h1-2,7-10,15,21H,3-6H2/t15-/m0/s1. The lowest BCUT2D eigenvalue weighted by molar-refractivity contribution is -0.137. The summed E-state index contributed by atoms with van der Waals surface area (Å²) in [4.78, 5) is 3.02. The van der Waals surface area contributed by atoms with Crippen LogP contribution in [0.4, 0.5) is 17.6 Å². The van der Waals surface area contributed by atoms with Gasteiger partial charge in [-0.25, -0.2) is 4.39 Å². The average molecular weight is 344 g/mol. The Morgan fingerprint density at radius 3 is 2.48 bits per heavy atom. The molecule has 0 aliphatic carbocycles. The van der Waals surface area contributed by atoms with Gasteiger partial charge in [0.25, 0.3) is 0 Å². The van der Waals surface area contributed by atoms with Crippen molar-refractivity contribution in [3.8, 4) is 0 Å². The lowest BCUT2D eigenvalue weighted by atomic mass is 10.00. The molecule has 0 radical (unpaired) electrons. The van der Waals surface area contributed by atoms with Crippen LogP contribution in [0.2, 0.25) is 0 Å². The van der Waals surface area contributed by atoms with E-state index in [1.54, 1.807) is 0 Å². The summed E-state index contributed by atoms with van der Waals surface area (Å²) in [7, 11) is 0. The molecule has 1 fully saturated rings. The molecular weight excluding hydrogens is 328 g/mol. The molecule has 1 aromatic heterocycles. The highest BCUT2D eigenvalue weighted by Gasteiger charge is 2.33. The molecule has 1 aliphatic heterocycles. The summed E-state index contributed by atoms with van der Waals surface area (Å²) in [5, 5.41) is 5.10. The van der Waals surface area contributed by atoms with Crippen LogP contribution in [0.5, 0.6) is 0 Å². The number of hydrogen-bond donors (Lipinski definition) is 1. The highest BCUT2D eigenvalue weighted by molar-refractivity contribution is 7.10. The van der Waals surface area contributed by atoms with Crippen molar-refractivity contribution in [3.05, 3.63) is 57.5 Å². The van der Waals surface area contributed by atoms with Gasteiger partial charge in [0.15, 0.2) is 0 Å². The second-order valence-electron chi connectivity index (χ2n) is 5.47. The van der Waals surface area contributed by atoms with E-state index in [1.165, 1.54) is 17.4 Å². The predicted molar refractivity (Wildman–Crippen MR) is 82.0 cm³/mol. The van der Waals surface area contributed by atoms with Gasteiger partial charge < -0.3 is 5.32 Å². The Kier molecular flexibility index (Phi) is 4.70. The van der Waals surface area contributed by atoms with Gasteiger partial charge in [-0.15, -0.1) is 11.3 Å². The zero-order chi connectivity index (χ0) is 16.4. The third-order valence-electron chi connectivity index (χ3n) is 3.89. The number of halogens is 4. The molecule has 1 aromatic carbocycles. The summed E-state index contributed by atoms with van der Waals surface area (Å²) in [5.41, 5.74) is -0.592. The fraction of sp³-hybridized carbons (Fsp3) is 0.375. The smallest absolute Gasteiger partial charge is 0.314 e. The first kappa shape index (κ1) is 16.4. The van der Waals surface area contributed by atoms with Crippen molar-refractivity contribution in [2.75, 3.05) is 26.2 Å². The molecule has 0 saturated carbocycles. The molecule has 1 N–H and O–H groups in total. The van der Waals surface area contributed by atoms with Crippen LogP contribution in [0.15, 0.2) is 35.7 Å². The summed E-state index contributed by atoms with van der Waals surface area (Å²) < 4.78 is 52.8. The average Bonchev–Trinajstić information content (AvgIpc) is 3.01. The van der Waals surface area contributed by atoms with E-state index >= 15 is 0 Å². The van der Waals surface area contributed by atoms with Crippen LogP contribution < -0.4 is 5.32 Å². The Bertz CT molecular complexity index is 649. The first-order chi connectivity index (χ1) is 10.9. The Labute approximate surface area is 135 Å². The topological polar surface area (TPSA) is 15.3 Å². The van der Waals surface area contributed by atoms with Gasteiger partial charge in [0.1, 0.15) is 5.82 Å². The Morgan fingerprint density at radius 1 is 1.13 bits per heavy atom. The molecule has 124 valence electrons. The largest absolute Gasteiger partial charge is 0.416 e. The second-order valence-corrected chi connectivity index (χ2v) is 6.45. The number of thiophene rings is 1. The third kappa shape index (κ3) is 3.73. The molecule has 3 rings (SSSR count). The summed E-state index contributed by atoms with van der Waals surface area (Å²) in [6.45, 7) is 2.95. The van der Waals surface area contributed by atoms with Crippen LogP contribution in [0.3, 0.4) is 0 Å². The maximum Gasteiger partial charge on any atom is 0.416 e. The number of nitrogens with zero attached hydrogens (tertiary/aromatic N) is 1. The van der Waals surface area contributed by atoms with Crippen molar-refractivity contribution in [1.82, 2.24) is 10.2 Å². The van der Waals surface area contributed by atoms with Gasteiger partial charge in [0, 0.05) is 31.1 Å². The van der Waals surface area contributed by atoms with E-state index in [2.05, 4.69) is 10.2 Å². The lowest BCUT2D eigenvalue weighted by Gasteiger charge is -2.35. The van der Waals surface area contributed by atoms with Gasteiger partial charge in [-0.1, -0.05) is 6.07 Å². The van der Waals surface area contributed by atoms with E-state index in [4.69, 9.17) is 0 Å². The van der Waals surface area contributed by atoms with Crippen molar-refractivity contribution in [1.29, 1.82) is 0 Å². The molecule has 2 aromatic rings. The minimum absolute atomic E-state index is 0.349. The lowest BCUT2D eigenvalue weighted by Crippen LogP contribution is -2.45. The fourth-order valence-electron chi connectivity index (χ4n) is 2.88. The normalized spacial score (nSPS) is 18.1. The minimum Gasteiger partial charge on any atom is -0.314 e. The van der Waals surface area contributed by atoms with Crippen LogP contribution in [-0.2, 0) is 6.18 Å². The van der Waals surface area contributed by atoms with Crippen molar-refractivity contribution in [2.24, 2.45) is 0 Å². The zero-order valence-electron chi connectivity index (χ0n) is 12.2. The molecule has 0 bridgehead atoms. The van der Waals surface area contributed by atoms with E-state index in [-0.39, 0.29) is 6.04 Å². The molecule has 0 spiro atoms. The van der Waals surface area contributed by atoms with Crippen LogP contribution in [-0.4, -0.2) is 31.1 Å². The second kappa shape index (κ2) is 6.59. The minimum atomic E-state index is -4.56. The molecular formula is C16H16F4N2S. The maximum absolute atomic E-state index is 13.8. The van der Waals surface area contributed by atoms with Crippen molar-refractivity contribution in [2.45, 2.75) is 12.2 Å². The molecule has 2 nitrogen and oxygen atoms in total. The van der Waals surface area contributed by atoms with E-state index in [1.807, 2.05) is 17.5 Å². The van der Waals surface area contributed by atoms with E-state index in [0.29, 0.717) is 24.7 Å². The van der Waals surface area contributed by atoms with Gasteiger partial charge in [0.2, 0.25) is 0 Å². The summed E-state index contributed by atoms with van der Waals surface area (Å²) in [6, 6.07) is 6.22. The molecule has 1 saturated heterocycles. The summed E-state index contributed by atoms with van der Waals surface area (Å²) in [6.07, 6.45) is -4.56. The Hall–Kier alpha value is -1.44. The van der Waals surface area contributed by atoms with Crippen LogP contribution in [0.1, 0.15) is 22.0 Å². The van der Waals surface area contributed by atoms with E-state index in [0.717, 1.165) is 24.0 Å². The zero-order valence-corrected chi connectivity index (χ0v) is 13.1. The first-order valence-corrected chi connectivity index (χ1v) is 8.19. The Balaban J connectivity index is 2.04. The highest BCUT2D eigenvalue weighted by Crippen LogP contribution is 2.36. The SMILES string of the molecule is Fc1cc([C@@H](c2cccs2)N2CCNCC2)cc(C(F)(F)F)c1. The van der Waals surface area contributed by atoms with Gasteiger partial charge >= 0.3 is 6.18 Å². The number of benzene rings is 1. The quantitative estimate of drug-likeness (QED) is 0.850. The molecule has 1 atom stereocenters. The molecule has 23 heavy (non-hydrogen) atoms. The van der Waals surface area contributed by atoms with Gasteiger partial charge in [-0.05, 0) is 35.2 Å². The highest BCUT2D eigenvalue weighted by atomic mass is 32.1. The molecule has 7 heteroatoms. The van der Waals surface area contributed by atoms with E-state index in [9.17, 15) is 17.6 Å². The number of alkyl halides is 3. The monoisotopic (exact) mass is 344 g/mol. The van der Waals surface area contributed by atoms with Crippen molar-refractivity contribution in [3.63, 3.8) is 0 Å². The van der Waals surface area contributed by atoms with Gasteiger partial charge in [-0.2, -0.15) is 13.2 Å². The van der Waals surface area contributed by atoms with Crippen LogP contribution in [0.25, 0.3) is 0 Å². The number of nitrogens with one attached hydrogen (secondary N) is 1. The predicted octanol–water partition coefficient (Wildman–Crippen LogP) is 3.90. The summed E-state index contributed by atoms with van der Waals surface area (Å²) in [5.74, 6) is -0.855. The molecule has 0 unspecified atom stereocenters. The molecule has 0 amide bonds. The van der Waals surface area contributed by atoms with Crippen LogP contribution >= 0.6 is 11.3 Å². The van der Waals surface area contributed by atoms with Gasteiger partial charge in [0.05, 0.1) is 11.6 Å². The van der Waals surface area contributed by atoms with Crippen molar-refractivity contribution < 1.29 is 17.6 Å². The maximum atomic E-state index is 13.8. The van der Waals surface area contributed by atoms with Gasteiger partial charge in [-0.3, -0.25) is 4.90 Å². The summed E-state index contributed by atoms with van der Waals surface area (Å²) >= 11 is 1.47. The third-order valence-corrected chi connectivity index (χ3v) is 4.82. The fourth-order valence-corrected chi connectivity index (χ4v) is 3.76. The first-order valence-electron chi connectivity index (χ1n) is 7.31. The molecule has 1 aliphatic rings. The Morgan fingerprint density at radius 2 is 1.87 bits per heavy atom. The number of piperazine rings is 1. The number of hydrogen-bond acceptors (Lipinski definition) is 3. The van der Waals surface area contributed by atoms with E-state index < -0.39 is 17.6 Å². The number of rotatable bonds is 3.